The average molecular weight is 297 g/mol. The molecule has 1 N–H and O–H groups in total. The van der Waals surface area contributed by atoms with Crippen LogP contribution >= 0.6 is 0 Å². The van der Waals surface area contributed by atoms with Gasteiger partial charge in [-0.05, 0) is 42.4 Å². The number of aromatic nitrogens is 2. The Hall–Kier alpha value is -1.84. The van der Waals surface area contributed by atoms with E-state index in [4.69, 9.17) is 0 Å². The summed E-state index contributed by atoms with van der Waals surface area (Å²) in [6.45, 7) is 3.25. The zero-order valence-corrected chi connectivity index (χ0v) is 13.1. The second kappa shape index (κ2) is 5.41. The van der Waals surface area contributed by atoms with Crippen molar-refractivity contribution in [1.82, 2.24) is 14.9 Å². The van der Waals surface area contributed by atoms with E-state index < -0.39 is 0 Å². The molecule has 1 saturated carbocycles. The first-order valence-electron chi connectivity index (χ1n) is 8.44. The summed E-state index contributed by atoms with van der Waals surface area (Å²) in [5, 5.41) is 1.07. The molecular weight excluding hydrogens is 274 g/mol. The number of carbonyl (C=O) groups excluding carboxylic acids is 1. The van der Waals surface area contributed by atoms with E-state index in [1.807, 2.05) is 18.3 Å². The van der Waals surface area contributed by atoms with Gasteiger partial charge in [0.15, 0.2) is 0 Å². The maximum Gasteiger partial charge on any atom is 0.227 e. The maximum absolute atomic E-state index is 12.8. The monoisotopic (exact) mass is 297 g/mol. The fourth-order valence-electron chi connectivity index (χ4n) is 4.48. The van der Waals surface area contributed by atoms with Crippen molar-refractivity contribution in [2.45, 2.75) is 45.1 Å². The summed E-state index contributed by atoms with van der Waals surface area (Å²) in [4.78, 5) is 22.5. The molecule has 4 heteroatoms. The topological polar surface area (TPSA) is 49.0 Å². The van der Waals surface area contributed by atoms with Crippen molar-refractivity contribution in [1.29, 1.82) is 0 Å². The van der Waals surface area contributed by atoms with Crippen molar-refractivity contribution in [3.8, 4) is 0 Å². The number of pyridine rings is 1. The van der Waals surface area contributed by atoms with Crippen LogP contribution in [0.15, 0.2) is 24.5 Å². The minimum atomic E-state index is 0.283. The van der Waals surface area contributed by atoms with Gasteiger partial charge >= 0.3 is 0 Å². The standard InChI is InChI=1S/C18H23N3O/c1-12-11-21(16-7-3-2-5-14(12)16)17(22)9-13-10-20-18-15(13)6-4-8-19-18/h4,6,8,10,12,14,16H,2-3,5,7,9,11H2,1H3,(H,19,20). The van der Waals surface area contributed by atoms with Crippen LogP contribution in [0.25, 0.3) is 11.0 Å². The lowest BCUT2D eigenvalue weighted by molar-refractivity contribution is -0.132. The van der Waals surface area contributed by atoms with E-state index in [0.717, 1.165) is 29.1 Å². The summed E-state index contributed by atoms with van der Waals surface area (Å²) < 4.78 is 0. The Morgan fingerprint density at radius 2 is 2.27 bits per heavy atom. The number of fused-ring (bicyclic) bond motifs is 2. The largest absolute Gasteiger partial charge is 0.346 e. The van der Waals surface area contributed by atoms with Gasteiger partial charge in [-0.15, -0.1) is 0 Å². The third-order valence-electron chi connectivity index (χ3n) is 5.60. The first-order chi connectivity index (χ1) is 10.7. The summed E-state index contributed by atoms with van der Waals surface area (Å²) in [7, 11) is 0. The van der Waals surface area contributed by atoms with Crippen LogP contribution in [0, 0.1) is 11.8 Å². The second-order valence-corrected chi connectivity index (χ2v) is 6.93. The molecule has 0 spiro atoms. The summed E-state index contributed by atoms with van der Waals surface area (Å²) >= 11 is 0. The van der Waals surface area contributed by atoms with Crippen LogP contribution in [-0.4, -0.2) is 33.4 Å². The van der Waals surface area contributed by atoms with Crippen LogP contribution in [0.5, 0.6) is 0 Å². The lowest BCUT2D eigenvalue weighted by Gasteiger charge is -2.32. The van der Waals surface area contributed by atoms with Crippen molar-refractivity contribution in [2.75, 3.05) is 6.54 Å². The van der Waals surface area contributed by atoms with Crippen LogP contribution < -0.4 is 0 Å². The van der Waals surface area contributed by atoms with Gasteiger partial charge in [0.25, 0.3) is 0 Å². The van der Waals surface area contributed by atoms with Crippen LogP contribution in [0.4, 0.5) is 0 Å². The van der Waals surface area contributed by atoms with Crippen LogP contribution in [-0.2, 0) is 11.2 Å². The summed E-state index contributed by atoms with van der Waals surface area (Å²) in [6.07, 6.45) is 9.30. The molecule has 2 aromatic rings. The van der Waals surface area contributed by atoms with E-state index in [0.29, 0.717) is 18.4 Å². The van der Waals surface area contributed by atoms with Gasteiger partial charge in [-0.2, -0.15) is 0 Å². The predicted octanol–water partition coefficient (Wildman–Crippen LogP) is 3.14. The van der Waals surface area contributed by atoms with E-state index in [1.165, 1.54) is 25.7 Å². The molecule has 1 saturated heterocycles. The van der Waals surface area contributed by atoms with Gasteiger partial charge in [0, 0.05) is 30.4 Å². The average Bonchev–Trinajstić information content (AvgIpc) is 3.10. The Morgan fingerprint density at radius 3 is 3.18 bits per heavy atom. The molecule has 1 aliphatic carbocycles. The highest BCUT2D eigenvalue weighted by Crippen LogP contribution is 2.40. The number of rotatable bonds is 2. The molecule has 2 aromatic heterocycles. The minimum Gasteiger partial charge on any atom is -0.346 e. The van der Waals surface area contributed by atoms with Gasteiger partial charge in [-0.25, -0.2) is 4.98 Å². The molecule has 116 valence electrons. The highest BCUT2D eigenvalue weighted by atomic mass is 16.2. The molecule has 4 nitrogen and oxygen atoms in total. The quantitative estimate of drug-likeness (QED) is 0.925. The molecule has 1 aliphatic heterocycles. The van der Waals surface area contributed by atoms with Gasteiger partial charge in [-0.3, -0.25) is 4.79 Å². The summed E-state index contributed by atoms with van der Waals surface area (Å²) in [6, 6.07) is 4.45. The smallest absolute Gasteiger partial charge is 0.227 e. The zero-order valence-electron chi connectivity index (χ0n) is 13.1. The van der Waals surface area contributed by atoms with E-state index in [-0.39, 0.29) is 5.91 Å². The van der Waals surface area contributed by atoms with Crippen LogP contribution in [0.1, 0.15) is 38.2 Å². The van der Waals surface area contributed by atoms with Crippen molar-refractivity contribution < 1.29 is 4.79 Å². The van der Waals surface area contributed by atoms with Gasteiger partial charge in [-0.1, -0.05) is 19.8 Å². The van der Waals surface area contributed by atoms with Crippen LogP contribution in [0.2, 0.25) is 0 Å². The van der Waals surface area contributed by atoms with Gasteiger partial charge in [0.05, 0.1) is 6.42 Å². The summed E-state index contributed by atoms with van der Waals surface area (Å²) in [5.41, 5.74) is 1.94. The first kappa shape index (κ1) is 13.8. The molecule has 1 amide bonds. The third kappa shape index (κ3) is 2.21. The Bertz CT molecular complexity index is 692. The zero-order chi connectivity index (χ0) is 15.1. The molecule has 3 atom stereocenters. The number of nitrogens with one attached hydrogen (secondary N) is 1. The van der Waals surface area contributed by atoms with Gasteiger partial charge in [0.2, 0.25) is 5.91 Å². The Morgan fingerprint density at radius 1 is 1.41 bits per heavy atom. The SMILES string of the molecule is CC1CN(C(=O)Cc2c[nH]c3ncccc23)C2CCCCC12. The molecule has 3 heterocycles. The predicted molar refractivity (Wildman–Crippen MR) is 86.4 cm³/mol. The molecular formula is C18H23N3O. The summed E-state index contributed by atoms with van der Waals surface area (Å²) in [5.74, 6) is 1.66. The number of nitrogens with zero attached hydrogens (tertiary/aromatic N) is 2. The first-order valence-corrected chi connectivity index (χ1v) is 8.44. The molecule has 22 heavy (non-hydrogen) atoms. The van der Waals surface area contributed by atoms with E-state index in [2.05, 4.69) is 21.8 Å². The maximum atomic E-state index is 12.8. The Balaban J connectivity index is 1.55. The van der Waals surface area contributed by atoms with Crippen LogP contribution in [0.3, 0.4) is 0 Å². The molecule has 2 aliphatic rings. The Kier molecular flexibility index (Phi) is 3.40. The molecule has 0 radical (unpaired) electrons. The fourth-order valence-corrected chi connectivity index (χ4v) is 4.48. The highest BCUT2D eigenvalue weighted by Gasteiger charge is 2.42. The lowest BCUT2D eigenvalue weighted by atomic mass is 9.80. The molecule has 0 aromatic carbocycles. The number of hydrogen-bond donors (Lipinski definition) is 1. The lowest BCUT2D eigenvalue weighted by Crippen LogP contribution is -2.40. The normalized spacial score (nSPS) is 28.0. The molecule has 4 rings (SSSR count). The molecule has 3 unspecified atom stereocenters. The highest BCUT2D eigenvalue weighted by molar-refractivity contribution is 5.87. The van der Waals surface area contributed by atoms with E-state index >= 15 is 0 Å². The number of amides is 1. The van der Waals surface area contributed by atoms with Crippen molar-refractivity contribution in [3.05, 3.63) is 30.1 Å². The van der Waals surface area contributed by atoms with Gasteiger partial charge in [0.1, 0.15) is 5.65 Å². The Labute approximate surface area is 130 Å². The number of likely N-dealkylation sites (tertiary alicyclic amines) is 1. The molecule has 2 fully saturated rings. The van der Waals surface area contributed by atoms with Crippen molar-refractivity contribution in [2.24, 2.45) is 11.8 Å². The molecule has 0 bridgehead atoms. The number of hydrogen-bond acceptors (Lipinski definition) is 2. The van der Waals surface area contributed by atoms with E-state index in [1.54, 1.807) is 6.20 Å². The number of aromatic amines is 1. The minimum absolute atomic E-state index is 0.283. The second-order valence-electron chi connectivity index (χ2n) is 6.93. The fraction of sp³-hybridized carbons (Fsp3) is 0.556. The number of carbonyl (C=O) groups is 1. The van der Waals surface area contributed by atoms with Gasteiger partial charge < -0.3 is 9.88 Å². The number of H-pyrrole nitrogens is 1. The van der Waals surface area contributed by atoms with Crippen molar-refractivity contribution >= 4 is 16.9 Å². The van der Waals surface area contributed by atoms with E-state index in [9.17, 15) is 4.79 Å². The third-order valence-corrected chi connectivity index (χ3v) is 5.60. The van der Waals surface area contributed by atoms with Crippen molar-refractivity contribution in [3.63, 3.8) is 0 Å².